The predicted octanol–water partition coefficient (Wildman–Crippen LogP) is 5.79. The van der Waals surface area contributed by atoms with E-state index in [0.29, 0.717) is 35.7 Å². The quantitative estimate of drug-likeness (QED) is 0.223. The average Bonchev–Trinajstić information content (AvgIpc) is 3.21. The molecule has 1 saturated carbocycles. The van der Waals surface area contributed by atoms with Crippen molar-refractivity contribution in [3.8, 4) is 17.2 Å². The van der Waals surface area contributed by atoms with Crippen LogP contribution in [0.2, 0.25) is 0 Å². The number of carbonyl (C=O) groups excluding carboxylic acids is 1. The molecular formula is C32H40O9. The molecule has 1 aliphatic carbocycles. The molecular weight excluding hydrogens is 528 g/mol. The summed E-state index contributed by atoms with van der Waals surface area (Å²) in [4.78, 5) is 24.7. The molecule has 4 aliphatic heterocycles. The van der Waals surface area contributed by atoms with Crippen molar-refractivity contribution in [3.63, 3.8) is 0 Å². The molecule has 41 heavy (non-hydrogen) atoms. The Balaban J connectivity index is 1.07. The minimum Gasteiger partial charge on any atom is -0.493 e. The summed E-state index contributed by atoms with van der Waals surface area (Å²) in [6.45, 7) is 8.43. The van der Waals surface area contributed by atoms with Crippen LogP contribution in [-0.4, -0.2) is 43.2 Å². The molecule has 0 radical (unpaired) electrons. The monoisotopic (exact) mass is 568 g/mol. The van der Waals surface area contributed by atoms with Gasteiger partial charge in [0, 0.05) is 18.3 Å². The number of fused-ring (bicyclic) bond motifs is 2. The molecule has 2 aromatic carbocycles. The van der Waals surface area contributed by atoms with E-state index in [9.17, 15) is 4.79 Å². The van der Waals surface area contributed by atoms with Gasteiger partial charge in [-0.3, -0.25) is 0 Å². The van der Waals surface area contributed by atoms with E-state index in [-0.39, 0.29) is 11.8 Å². The first-order valence-electron chi connectivity index (χ1n) is 14.6. The summed E-state index contributed by atoms with van der Waals surface area (Å²) in [5, 5.41) is 0. The summed E-state index contributed by atoms with van der Waals surface area (Å²) in [6, 6.07) is 14.5. The molecule has 9 atom stereocenters. The van der Waals surface area contributed by atoms with E-state index in [1.807, 2.05) is 37.3 Å². The maximum absolute atomic E-state index is 12.6. The second kappa shape index (κ2) is 11.2. The summed E-state index contributed by atoms with van der Waals surface area (Å²) in [5.74, 6) is 1.21. The van der Waals surface area contributed by atoms with E-state index in [2.05, 4.69) is 13.8 Å². The summed E-state index contributed by atoms with van der Waals surface area (Å²) >= 11 is 0. The van der Waals surface area contributed by atoms with Gasteiger partial charge in [-0.25, -0.2) is 14.6 Å². The SMILES string of the molecule is COc1ccccc1OC(=O)C(C)Oc1ccc(CO[C@@H]2O[C@@H]3O[C@]4(C)CCC5[C@H](C)CCC([C@H]2C)[C@]53OO4)cc1. The highest BCUT2D eigenvalue weighted by atomic mass is 17.3. The number of rotatable bonds is 8. The number of carbonyl (C=O) groups is 1. The molecule has 2 bridgehead atoms. The molecule has 0 aromatic heterocycles. The lowest BCUT2D eigenvalue weighted by atomic mass is 9.58. The van der Waals surface area contributed by atoms with Crippen LogP contribution in [-0.2, 0) is 35.4 Å². The zero-order valence-electron chi connectivity index (χ0n) is 24.4. The van der Waals surface area contributed by atoms with Gasteiger partial charge in [-0.05, 0) is 74.8 Å². The smallest absolute Gasteiger partial charge is 0.352 e. The van der Waals surface area contributed by atoms with Crippen molar-refractivity contribution in [3.05, 3.63) is 54.1 Å². The number of benzene rings is 2. The number of methoxy groups -OCH3 is 1. The second-order valence-electron chi connectivity index (χ2n) is 12.1. The normalized spacial score (nSPS) is 36.5. The Morgan fingerprint density at radius 1 is 1.00 bits per heavy atom. The molecule has 0 amide bonds. The van der Waals surface area contributed by atoms with Crippen LogP contribution in [0.1, 0.15) is 58.9 Å². The Labute approximate surface area is 241 Å². The summed E-state index contributed by atoms with van der Waals surface area (Å²) in [7, 11) is 1.53. The maximum Gasteiger partial charge on any atom is 0.352 e. The zero-order chi connectivity index (χ0) is 28.8. The van der Waals surface area contributed by atoms with Gasteiger partial charge >= 0.3 is 5.97 Å². The highest BCUT2D eigenvalue weighted by Gasteiger charge is 2.69. The van der Waals surface area contributed by atoms with Gasteiger partial charge in [-0.2, -0.15) is 0 Å². The van der Waals surface area contributed by atoms with Gasteiger partial charge in [-0.1, -0.05) is 38.1 Å². The number of hydrogen-bond donors (Lipinski definition) is 0. The topological polar surface area (TPSA) is 90.9 Å². The van der Waals surface area contributed by atoms with Crippen molar-refractivity contribution in [2.45, 2.75) is 90.1 Å². The van der Waals surface area contributed by atoms with Crippen molar-refractivity contribution in [1.29, 1.82) is 0 Å². The number of hydrogen-bond acceptors (Lipinski definition) is 9. The fourth-order valence-corrected chi connectivity index (χ4v) is 7.05. The summed E-state index contributed by atoms with van der Waals surface area (Å²) in [5.41, 5.74) is 0.359. The van der Waals surface area contributed by atoms with Gasteiger partial charge in [0.2, 0.25) is 5.79 Å². The first-order valence-corrected chi connectivity index (χ1v) is 14.6. The highest BCUT2D eigenvalue weighted by molar-refractivity contribution is 5.77. The Kier molecular flexibility index (Phi) is 7.76. The van der Waals surface area contributed by atoms with E-state index in [4.69, 9.17) is 38.2 Å². The number of ether oxygens (including phenoxy) is 6. The first-order chi connectivity index (χ1) is 19.7. The van der Waals surface area contributed by atoms with Crippen LogP contribution in [0, 0.1) is 23.7 Å². The minimum absolute atomic E-state index is 0.105. The molecule has 9 heteroatoms. The number of para-hydroxylation sites is 2. The molecule has 9 nitrogen and oxygen atoms in total. The maximum atomic E-state index is 12.6. The highest BCUT2D eigenvalue weighted by Crippen LogP contribution is 2.60. The predicted molar refractivity (Wildman–Crippen MR) is 147 cm³/mol. The summed E-state index contributed by atoms with van der Waals surface area (Å²) < 4.78 is 35.8. The number of esters is 1. The molecule has 2 aromatic rings. The third-order valence-electron chi connectivity index (χ3n) is 9.36. The largest absolute Gasteiger partial charge is 0.493 e. The Morgan fingerprint density at radius 3 is 2.51 bits per heavy atom. The molecule has 1 spiro atoms. The van der Waals surface area contributed by atoms with Gasteiger partial charge in [-0.15, -0.1) is 0 Å². The van der Waals surface area contributed by atoms with Crippen molar-refractivity contribution in [2.24, 2.45) is 23.7 Å². The standard InChI is InChI=1S/C32H40O9/c1-19-10-15-25-20(2)29(38-30-32(25)24(19)16-17-31(4,39-30)40-41-32)35-18-22-11-13-23(14-12-22)36-21(3)28(33)37-27-9-7-6-8-26(27)34-5/h6-9,11-14,19-21,24-25,29-30H,10,15-18H2,1-5H3/t19-,20-,21?,24?,25?,29-,30-,31+,32-/m1/s1. The van der Waals surface area contributed by atoms with Crippen LogP contribution in [0.15, 0.2) is 48.5 Å². The lowest BCUT2D eigenvalue weighted by Gasteiger charge is -2.60. The molecule has 4 heterocycles. The molecule has 0 N–H and O–H groups in total. The van der Waals surface area contributed by atoms with Crippen LogP contribution in [0.3, 0.4) is 0 Å². The lowest BCUT2D eigenvalue weighted by Crippen LogP contribution is -2.70. The first kappa shape index (κ1) is 28.4. The third-order valence-corrected chi connectivity index (χ3v) is 9.36. The molecule has 3 unspecified atom stereocenters. The Hall–Kier alpha value is -2.69. The van der Waals surface area contributed by atoms with E-state index < -0.39 is 36.0 Å². The molecule has 4 saturated heterocycles. The van der Waals surface area contributed by atoms with Crippen molar-refractivity contribution >= 4 is 5.97 Å². The lowest BCUT2D eigenvalue weighted by molar-refractivity contribution is -0.577. The van der Waals surface area contributed by atoms with E-state index in [0.717, 1.165) is 31.2 Å². The van der Waals surface area contributed by atoms with E-state index in [1.165, 1.54) is 7.11 Å². The minimum atomic E-state index is -0.810. The van der Waals surface area contributed by atoms with Crippen LogP contribution in [0.4, 0.5) is 0 Å². The Bertz CT molecular complexity index is 1230. The average molecular weight is 569 g/mol. The van der Waals surface area contributed by atoms with Gasteiger partial charge in [0.05, 0.1) is 13.7 Å². The van der Waals surface area contributed by atoms with Crippen molar-refractivity contribution in [2.75, 3.05) is 7.11 Å². The fraction of sp³-hybridized carbons (Fsp3) is 0.594. The third kappa shape index (κ3) is 5.23. The van der Waals surface area contributed by atoms with Gasteiger partial charge in [0.15, 0.2) is 35.8 Å². The van der Waals surface area contributed by atoms with Crippen molar-refractivity contribution < 1.29 is 43.0 Å². The molecule has 7 rings (SSSR count). The van der Waals surface area contributed by atoms with Gasteiger partial charge < -0.3 is 28.4 Å². The molecule has 5 aliphatic rings. The zero-order valence-corrected chi connectivity index (χ0v) is 24.4. The van der Waals surface area contributed by atoms with Gasteiger partial charge in [0.1, 0.15) is 5.75 Å². The fourth-order valence-electron chi connectivity index (χ4n) is 7.05. The van der Waals surface area contributed by atoms with Crippen molar-refractivity contribution in [1.82, 2.24) is 0 Å². The van der Waals surface area contributed by atoms with Crippen LogP contribution >= 0.6 is 0 Å². The van der Waals surface area contributed by atoms with Gasteiger partial charge in [0.25, 0.3) is 0 Å². The Morgan fingerprint density at radius 2 is 1.76 bits per heavy atom. The molecule has 5 fully saturated rings. The van der Waals surface area contributed by atoms with Crippen LogP contribution in [0.25, 0.3) is 0 Å². The van der Waals surface area contributed by atoms with Crippen LogP contribution < -0.4 is 14.2 Å². The molecule has 222 valence electrons. The van der Waals surface area contributed by atoms with Crippen LogP contribution in [0.5, 0.6) is 17.2 Å². The second-order valence-corrected chi connectivity index (χ2v) is 12.1. The van der Waals surface area contributed by atoms with E-state index in [1.54, 1.807) is 25.1 Å². The summed E-state index contributed by atoms with van der Waals surface area (Å²) in [6.07, 6.45) is 2.17. The van der Waals surface area contributed by atoms with E-state index >= 15 is 0 Å².